The molecule has 1 aliphatic heterocycles. The Morgan fingerprint density at radius 3 is 2.90 bits per heavy atom. The van der Waals surface area contributed by atoms with E-state index in [2.05, 4.69) is 10.3 Å². The third kappa shape index (κ3) is 4.01. The number of anilines is 1. The molecule has 0 spiro atoms. The molecule has 2 rings (SSSR count). The van der Waals surface area contributed by atoms with Crippen molar-refractivity contribution in [2.45, 2.75) is 25.7 Å². The third-order valence-electron chi connectivity index (χ3n) is 3.33. The molecule has 0 unspecified atom stereocenters. The Morgan fingerprint density at radius 2 is 2.14 bits per heavy atom. The maximum atomic E-state index is 12.0. The van der Waals surface area contributed by atoms with E-state index in [4.69, 9.17) is 5.11 Å². The van der Waals surface area contributed by atoms with Crippen molar-refractivity contribution in [3.8, 4) is 0 Å². The SMILES string of the molecule is O=C(CN1CCCCCC1=O)Nc1cnccc1C(=O)O. The average molecular weight is 291 g/mol. The molecule has 0 aliphatic carbocycles. The number of carbonyl (C=O) groups is 3. The second kappa shape index (κ2) is 6.83. The van der Waals surface area contributed by atoms with Crippen LogP contribution in [0.2, 0.25) is 0 Å². The first kappa shape index (κ1) is 15.0. The molecule has 21 heavy (non-hydrogen) atoms. The Labute approximate surface area is 122 Å². The van der Waals surface area contributed by atoms with E-state index in [-0.39, 0.29) is 23.7 Å². The lowest BCUT2D eigenvalue weighted by molar-refractivity contribution is -0.134. The van der Waals surface area contributed by atoms with E-state index < -0.39 is 11.9 Å². The van der Waals surface area contributed by atoms with E-state index in [1.54, 1.807) is 0 Å². The number of aromatic carboxylic acids is 1. The minimum atomic E-state index is -1.14. The van der Waals surface area contributed by atoms with Crippen molar-refractivity contribution in [1.29, 1.82) is 0 Å². The van der Waals surface area contributed by atoms with Gasteiger partial charge in [-0.05, 0) is 18.9 Å². The summed E-state index contributed by atoms with van der Waals surface area (Å²) < 4.78 is 0. The van der Waals surface area contributed by atoms with Crippen LogP contribution in [0.5, 0.6) is 0 Å². The van der Waals surface area contributed by atoms with Crippen molar-refractivity contribution in [3.05, 3.63) is 24.0 Å². The molecule has 1 aromatic heterocycles. The van der Waals surface area contributed by atoms with Crippen LogP contribution in [0.15, 0.2) is 18.5 Å². The zero-order chi connectivity index (χ0) is 15.2. The molecule has 2 N–H and O–H groups in total. The topological polar surface area (TPSA) is 99.6 Å². The molecule has 7 nitrogen and oxygen atoms in total. The van der Waals surface area contributed by atoms with Crippen LogP contribution in [0.1, 0.15) is 36.0 Å². The first-order valence-corrected chi connectivity index (χ1v) is 6.83. The zero-order valence-electron chi connectivity index (χ0n) is 11.5. The fraction of sp³-hybridized carbons (Fsp3) is 0.429. The van der Waals surface area contributed by atoms with Gasteiger partial charge in [-0.2, -0.15) is 0 Å². The molecule has 0 aromatic carbocycles. The lowest BCUT2D eigenvalue weighted by Crippen LogP contribution is -2.37. The molecule has 2 amide bonds. The van der Waals surface area contributed by atoms with Crippen molar-refractivity contribution >= 4 is 23.5 Å². The highest BCUT2D eigenvalue weighted by atomic mass is 16.4. The van der Waals surface area contributed by atoms with Crippen molar-refractivity contribution in [3.63, 3.8) is 0 Å². The minimum absolute atomic E-state index is 0.0273. The number of carbonyl (C=O) groups excluding carboxylic acids is 2. The van der Waals surface area contributed by atoms with E-state index in [0.717, 1.165) is 19.3 Å². The Bertz CT molecular complexity index is 559. The summed E-state index contributed by atoms with van der Waals surface area (Å²) in [4.78, 5) is 40.2. The number of pyridine rings is 1. The zero-order valence-corrected chi connectivity index (χ0v) is 11.5. The molecule has 1 aliphatic rings. The number of nitrogens with zero attached hydrogens (tertiary/aromatic N) is 2. The van der Waals surface area contributed by atoms with Gasteiger partial charge < -0.3 is 15.3 Å². The number of amides is 2. The standard InChI is InChI=1S/C14H17N3O4/c18-12(9-17-7-3-1-2-4-13(17)19)16-11-8-15-6-5-10(11)14(20)21/h5-6,8H,1-4,7,9H2,(H,16,18)(H,20,21). The molecule has 0 atom stereocenters. The van der Waals surface area contributed by atoms with E-state index in [0.29, 0.717) is 13.0 Å². The van der Waals surface area contributed by atoms with Crippen molar-refractivity contribution < 1.29 is 19.5 Å². The number of rotatable bonds is 4. The molecule has 2 heterocycles. The Kier molecular flexibility index (Phi) is 4.86. The number of aromatic nitrogens is 1. The maximum Gasteiger partial charge on any atom is 0.337 e. The predicted octanol–water partition coefficient (Wildman–Crippen LogP) is 1.12. The summed E-state index contributed by atoms with van der Waals surface area (Å²) in [6, 6.07) is 1.31. The average Bonchev–Trinajstić information content (AvgIpc) is 2.64. The number of hydrogen-bond acceptors (Lipinski definition) is 4. The summed E-state index contributed by atoms with van der Waals surface area (Å²) in [5.74, 6) is -1.59. The number of carboxylic acid groups (broad SMARTS) is 1. The van der Waals surface area contributed by atoms with Gasteiger partial charge in [0.25, 0.3) is 0 Å². The van der Waals surface area contributed by atoms with Gasteiger partial charge in [-0.25, -0.2) is 4.79 Å². The molecule has 0 saturated carbocycles. The van der Waals surface area contributed by atoms with Gasteiger partial charge in [-0.1, -0.05) is 6.42 Å². The monoisotopic (exact) mass is 291 g/mol. The van der Waals surface area contributed by atoms with Gasteiger partial charge in [0, 0.05) is 19.2 Å². The van der Waals surface area contributed by atoms with Gasteiger partial charge in [-0.15, -0.1) is 0 Å². The highest BCUT2D eigenvalue weighted by molar-refractivity contribution is 6.01. The summed E-state index contributed by atoms with van der Waals surface area (Å²) in [6.45, 7) is 0.498. The lowest BCUT2D eigenvalue weighted by Gasteiger charge is -2.20. The first-order chi connectivity index (χ1) is 10.1. The second-order valence-corrected chi connectivity index (χ2v) is 4.90. The van der Waals surface area contributed by atoms with Crippen LogP contribution in [-0.2, 0) is 9.59 Å². The Balaban J connectivity index is 2.01. The molecular formula is C14H17N3O4. The van der Waals surface area contributed by atoms with Crippen molar-refractivity contribution in [2.24, 2.45) is 0 Å². The molecular weight excluding hydrogens is 274 g/mol. The van der Waals surface area contributed by atoms with E-state index >= 15 is 0 Å². The summed E-state index contributed by atoms with van der Waals surface area (Å²) in [7, 11) is 0. The summed E-state index contributed by atoms with van der Waals surface area (Å²) >= 11 is 0. The van der Waals surface area contributed by atoms with E-state index in [1.165, 1.54) is 23.4 Å². The number of likely N-dealkylation sites (tertiary alicyclic amines) is 1. The summed E-state index contributed by atoms with van der Waals surface area (Å²) in [5, 5.41) is 11.5. The molecule has 1 fully saturated rings. The lowest BCUT2D eigenvalue weighted by atomic mass is 10.2. The van der Waals surface area contributed by atoms with Gasteiger partial charge in [0.15, 0.2) is 0 Å². The second-order valence-electron chi connectivity index (χ2n) is 4.90. The van der Waals surface area contributed by atoms with Crippen LogP contribution in [0.3, 0.4) is 0 Å². The Morgan fingerprint density at radius 1 is 1.33 bits per heavy atom. The summed E-state index contributed by atoms with van der Waals surface area (Å²) in [6.07, 6.45) is 5.80. The normalized spacial score (nSPS) is 15.4. The van der Waals surface area contributed by atoms with Crippen LogP contribution in [0, 0.1) is 0 Å². The molecule has 7 heteroatoms. The number of hydrogen-bond donors (Lipinski definition) is 2. The molecule has 112 valence electrons. The largest absolute Gasteiger partial charge is 0.478 e. The van der Waals surface area contributed by atoms with E-state index in [9.17, 15) is 14.4 Å². The fourth-order valence-corrected chi connectivity index (χ4v) is 2.25. The minimum Gasteiger partial charge on any atom is -0.478 e. The van der Waals surface area contributed by atoms with E-state index in [1.807, 2.05) is 0 Å². The van der Waals surface area contributed by atoms with Crippen LogP contribution in [0.4, 0.5) is 5.69 Å². The van der Waals surface area contributed by atoms with Gasteiger partial charge in [0.05, 0.1) is 24.0 Å². The smallest absolute Gasteiger partial charge is 0.337 e. The van der Waals surface area contributed by atoms with Gasteiger partial charge >= 0.3 is 5.97 Å². The molecule has 0 bridgehead atoms. The molecule has 1 aromatic rings. The quantitative estimate of drug-likeness (QED) is 0.866. The predicted molar refractivity (Wildman–Crippen MR) is 74.9 cm³/mol. The molecule has 0 radical (unpaired) electrons. The number of carboxylic acids is 1. The van der Waals surface area contributed by atoms with Crippen LogP contribution < -0.4 is 5.32 Å². The highest BCUT2D eigenvalue weighted by Gasteiger charge is 2.20. The fourth-order valence-electron chi connectivity index (χ4n) is 2.25. The van der Waals surface area contributed by atoms with Crippen molar-refractivity contribution in [1.82, 2.24) is 9.88 Å². The maximum absolute atomic E-state index is 12.0. The van der Waals surface area contributed by atoms with Gasteiger partial charge in [-0.3, -0.25) is 14.6 Å². The van der Waals surface area contributed by atoms with Crippen LogP contribution in [-0.4, -0.2) is 45.9 Å². The van der Waals surface area contributed by atoms with Gasteiger partial charge in [0.1, 0.15) is 0 Å². The van der Waals surface area contributed by atoms with Crippen LogP contribution in [0.25, 0.3) is 0 Å². The van der Waals surface area contributed by atoms with Gasteiger partial charge in [0.2, 0.25) is 11.8 Å². The van der Waals surface area contributed by atoms with Crippen molar-refractivity contribution in [2.75, 3.05) is 18.4 Å². The Hall–Kier alpha value is -2.44. The summed E-state index contributed by atoms with van der Waals surface area (Å²) in [5.41, 5.74) is 0.109. The highest BCUT2D eigenvalue weighted by Crippen LogP contribution is 2.14. The molecule has 1 saturated heterocycles. The number of nitrogens with one attached hydrogen (secondary N) is 1. The third-order valence-corrected chi connectivity index (χ3v) is 3.33. The van der Waals surface area contributed by atoms with Crippen LogP contribution >= 0.6 is 0 Å². The first-order valence-electron chi connectivity index (χ1n) is 6.83.